The van der Waals surface area contributed by atoms with Crippen LogP contribution in [0.25, 0.3) is 121 Å². The highest BCUT2D eigenvalue weighted by Gasteiger charge is 2.19. The molecule has 0 fully saturated rings. The van der Waals surface area contributed by atoms with Gasteiger partial charge in [0.05, 0.1) is 28.0 Å². The van der Waals surface area contributed by atoms with Crippen LogP contribution in [0, 0.1) is 0 Å². The van der Waals surface area contributed by atoms with Gasteiger partial charge in [-0.25, -0.2) is 15.0 Å². The summed E-state index contributed by atoms with van der Waals surface area (Å²) in [5.41, 5.74) is 11.4. The Balaban J connectivity index is 1.00. The molecule has 59 heavy (non-hydrogen) atoms. The molecule has 0 aliphatic heterocycles. The van der Waals surface area contributed by atoms with Crippen molar-refractivity contribution >= 4 is 65.2 Å². The van der Waals surface area contributed by atoms with E-state index in [1.165, 1.54) is 32.5 Å². The molecule has 274 valence electrons. The molecule has 9 aromatic carbocycles. The van der Waals surface area contributed by atoms with Gasteiger partial charge in [0.25, 0.3) is 0 Å². The molecular weight excluding hydrogens is 719 g/mol. The summed E-state index contributed by atoms with van der Waals surface area (Å²) >= 11 is 0. The fraction of sp³-hybridized carbons (Fsp3) is 0. The normalized spacial score (nSPS) is 11.7. The first kappa shape index (κ1) is 33.2. The first-order chi connectivity index (χ1) is 29.2. The largest absolute Gasteiger partial charge is 0.455 e. The summed E-state index contributed by atoms with van der Waals surface area (Å²) in [4.78, 5) is 15.8. The van der Waals surface area contributed by atoms with Crippen LogP contribution in [0.2, 0.25) is 0 Å². The van der Waals surface area contributed by atoms with Crippen molar-refractivity contribution in [1.82, 2.24) is 15.0 Å². The van der Waals surface area contributed by atoms with E-state index in [9.17, 15) is 0 Å². The predicted octanol–water partition coefficient (Wildman–Crippen LogP) is 14.7. The number of fused-ring (bicyclic) bond motifs is 9. The SMILES string of the molecule is c1cc(-c2nc(-c3ccc(-c4ccc5c(ccc6ccccc65)c4)cc3)cc(-c3cccc4ccccc34)n2)cc(-c2nc3ccccc3c3oc4ccccc4c23)c1. The van der Waals surface area contributed by atoms with Gasteiger partial charge in [-0.1, -0.05) is 164 Å². The van der Waals surface area contributed by atoms with Gasteiger partial charge in [0, 0.05) is 33.0 Å². The third-order valence-corrected chi connectivity index (χ3v) is 11.7. The predicted molar refractivity (Wildman–Crippen MR) is 244 cm³/mol. The molecule has 0 amide bonds. The summed E-state index contributed by atoms with van der Waals surface area (Å²) in [7, 11) is 0. The minimum Gasteiger partial charge on any atom is -0.455 e. The lowest BCUT2D eigenvalue weighted by Crippen LogP contribution is -1.97. The van der Waals surface area contributed by atoms with Crippen LogP contribution in [0.1, 0.15) is 0 Å². The van der Waals surface area contributed by atoms with E-state index in [1.54, 1.807) is 0 Å². The number of aromatic nitrogens is 3. The summed E-state index contributed by atoms with van der Waals surface area (Å²) < 4.78 is 6.51. The highest BCUT2D eigenvalue weighted by Crippen LogP contribution is 2.41. The van der Waals surface area contributed by atoms with Crippen LogP contribution < -0.4 is 0 Å². The molecule has 12 aromatic rings. The summed E-state index contributed by atoms with van der Waals surface area (Å²) in [5, 5.41) is 10.4. The Morgan fingerprint density at radius 3 is 1.85 bits per heavy atom. The minimum absolute atomic E-state index is 0.646. The van der Waals surface area contributed by atoms with Crippen LogP contribution in [0.5, 0.6) is 0 Å². The smallest absolute Gasteiger partial charge is 0.160 e. The van der Waals surface area contributed by atoms with Crippen LogP contribution in [-0.4, -0.2) is 15.0 Å². The molecule has 0 unspecified atom stereocenters. The van der Waals surface area contributed by atoms with Crippen molar-refractivity contribution in [3.63, 3.8) is 0 Å². The highest BCUT2D eigenvalue weighted by atomic mass is 16.3. The van der Waals surface area contributed by atoms with Crippen molar-refractivity contribution in [3.05, 3.63) is 200 Å². The second kappa shape index (κ2) is 13.3. The maximum atomic E-state index is 6.51. The first-order valence-corrected chi connectivity index (χ1v) is 19.9. The summed E-state index contributed by atoms with van der Waals surface area (Å²) in [6.45, 7) is 0. The Morgan fingerprint density at radius 2 is 0.966 bits per heavy atom. The van der Waals surface area contributed by atoms with Gasteiger partial charge in [0.2, 0.25) is 0 Å². The van der Waals surface area contributed by atoms with Gasteiger partial charge < -0.3 is 4.42 Å². The van der Waals surface area contributed by atoms with Crippen LogP contribution in [0.15, 0.2) is 205 Å². The van der Waals surface area contributed by atoms with Gasteiger partial charge in [-0.05, 0) is 79.8 Å². The number of hydrogen-bond acceptors (Lipinski definition) is 4. The molecule has 0 aliphatic carbocycles. The Bertz CT molecular complexity index is 3620. The molecule has 0 N–H and O–H groups in total. The van der Waals surface area contributed by atoms with E-state index >= 15 is 0 Å². The number of para-hydroxylation sites is 2. The van der Waals surface area contributed by atoms with E-state index < -0.39 is 0 Å². The first-order valence-electron chi connectivity index (χ1n) is 19.9. The number of rotatable bonds is 5. The summed E-state index contributed by atoms with van der Waals surface area (Å²) in [5.74, 6) is 0.646. The minimum atomic E-state index is 0.646. The summed E-state index contributed by atoms with van der Waals surface area (Å²) in [6, 6.07) is 70.3. The average molecular weight is 752 g/mol. The lowest BCUT2D eigenvalue weighted by molar-refractivity contribution is 0.672. The van der Waals surface area contributed by atoms with Crippen molar-refractivity contribution in [3.8, 4) is 56.3 Å². The lowest BCUT2D eigenvalue weighted by atomic mass is 9.96. The van der Waals surface area contributed by atoms with Crippen molar-refractivity contribution in [1.29, 1.82) is 0 Å². The van der Waals surface area contributed by atoms with E-state index in [-0.39, 0.29) is 0 Å². The maximum Gasteiger partial charge on any atom is 0.160 e. The van der Waals surface area contributed by atoms with E-state index in [0.29, 0.717) is 5.82 Å². The molecular formula is C55H33N3O. The molecule has 0 saturated carbocycles. The van der Waals surface area contributed by atoms with Crippen LogP contribution in [-0.2, 0) is 0 Å². The average Bonchev–Trinajstić information content (AvgIpc) is 3.71. The van der Waals surface area contributed by atoms with E-state index in [4.69, 9.17) is 19.4 Å². The number of nitrogens with zero attached hydrogens (tertiary/aromatic N) is 3. The number of pyridine rings is 1. The Morgan fingerprint density at radius 1 is 0.339 bits per heavy atom. The molecule has 4 heteroatoms. The molecule has 4 nitrogen and oxygen atoms in total. The van der Waals surface area contributed by atoms with Gasteiger partial charge in [-0.2, -0.15) is 0 Å². The molecule has 3 heterocycles. The van der Waals surface area contributed by atoms with Crippen molar-refractivity contribution in [2.75, 3.05) is 0 Å². The Kier molecular flexibility index (Phi) is 7.50. The van der Waals surface area contributed by atoms with E-state index in [0.717, 1.165) is 83.1 Å². The number of benzene rings is 9. The fourth-order valence-corrected chi connectivity index (χ4v) is 8.76. The lowest BCUT2D eigenvalue weighted by Gasteiger charge is -2.13. The second-order valence-corrected chi connectivity index (χ2v) is 15.1. The van der Waals surface area contributed by atoms with Crippen LogP contribution in [0.3, 0.4) is 0 Å². The van der Waals surface area contributed by atoms with E-state index in [2.05, 4.69) is 170 Å². The zero-order valence-electron chi connectivity index (χ0n) is 31.8. The summed E-state index contributed by atoms with van der Waals surface area (Å²) in [6.07, 6.45) is 0. The molecule has 0 radical (unpaired) electrons. The molecule has 12 rings (SSSR count). The molecule has 3 aromatic heterocycles. The topological polar surface area (TPSA) is 51.8 Å². The zero-order valence-corrected chi connectivity index (χ0v) is 31.8. The molecule has 0 aliphatic rings. The monoisotopic (exact) mass is 751 g/mol. The standard InChI is InChI=1S/C55H33N3O/c1-4-17-43-35(11-1)13-10-20-45(43)50-33-49(37-26-23-34(24-27-37)38-29-30-44-39(31-38)28-25-36-12-2-3-16-42(36)44)57-55(58-50)41-15-9-14-40(32-41)53-52-47-19-6-8-22-51(47)59-54(52)46-18-5-7-21-48(46)56-53/h1-33H. The third-order valence-electron chi connectivity index (χ3n) is 11.7. The number of furan rings is 1. The van der Waals surface area contributed by atoms with Gasteiger partial charge in [0.15, 0.2) is 5.82 Å². The van der Waals surface area contributed by atoms with Crippen LogP contribution >= 0.6 is 0 Å². The van der Waals surface area contributed by atoms with Gasteiger partial charge in [-0.3, -0.25) is 0 Å². The second-order valence-electron chi connectivity index (χ2n) is 15.1. The van der Waals surface area contributed by atoms with Crippen molar-refractivity contribution in [2.24, 2.45) is 0 Å². The molecule has 0 atom stereocenters. The van der Waals surface area contributed by atoms with E-state index in [1.807, 2.05) is 30.3 Å². The quantitative estimate of drug-likeness (QED) is 0.164. The van der Waals surface area contributed by atoms with Crippen LogP contribution in [0.4, 0.5) is 0 Å². The third kappa shape index (κ3) is 5.57. The van der Waals surface area contributed by atoms with Gasteiger partial charge >= 0.3 is 0 Å². The molecule has 0 spiro atoms. The van der Waals surface area contributed by atoms with Gasteiger partial charge in [0.1, 0.15) is 11.2 Å². The highest BCUT2D eigenvalue weighted by molar-refractivity contribution is 6.19. The maximum absolute atomic E-state index is 6.51. The fourth-order valence-electron chi connectivity index (χ4n) is 8.76. The van der Waals surface area contributed by atoms with Crippen molar-refractivity contribution in [2.45, 2.75) is 0 Å². The van der Waals surface area contributed by atoms with Gasteiger partial charge in [-0.15, -0.1) is 0 Å². The van der Waals surface area contributed by atoms with Crippen molar-refractivity contribution < 1.29 is 4.42 Å². The Labute approximate surface area is 339 Å². The zero-order chi connectivity index (χ0) is 38.9. The Hall–Kier alpha value is -7.95. The number of hydrogen-bond donors (Lipinski definition) is 0. The molecule has 0 bridgehead atoms. The molecule has 0 saturated heterocycles.